The molecule has 1 unspecified atom stereocenters. The van der Waals surface area contributed by atoms with Crippen molar-refractivity contribution in [2.24, 2.45) is 0 Å². The smallest absolute Gasteiger partial charge is 0.329 e. The number of rotatable bonds is 6. The minimum absolute atomic E-state index is 0.261. The van der Waals surface area contributed by atoms with E-state index in [9.17, 15) is 14.4 Å². The number of carboxylic acids is 1. The van der Waals surface area contributed by atoms with Gasteiger partial charge in [0.2, 0.25) is 5.91 Å². The molecule has 1 heterocycles. The third-order valence-electron chi connectivity index (χ3n) is 2.46. The van der Waals surface area contributed by atoms with Crippen LogP contribution in [0.3, 0.4) is 0 Å². The van der Waals surface area contributed by atoms with E-state index in [1.54, 1.807) is 18.7 Å². The second-order valence-corrected chi connectivity index (χ2v) is 4.97. The van der Waals surface area contributed by atoms with E-state index in [0.717, 1.165) is 5.75 Å². The van der Waals surface area contributed by atoms with Gasteiger partial charge >= 0.3 is 11.9 Å². The fraction of sp³-hybridized carbons (Fsp3) is 0.727. The van der Waals surface area contributed by atoms with E-state index in [0.29, 0.717) is 12.3 Å². The van der Waals surface area contributed by atoms with Gasteiger partial charge in [-0.15, -0.1) is 0 Å². The summed E-state index contributed by atoms with van der Waals surface area (Å²) in [6.45, 7) is 1.53. The van der Waals surface area contributed by atoms with Gasteiger partial charge in [0, 0.05) is 18.1 Å². The van der Waals surface area contributed by atoms with Gasteiger partial charge in [-0.2, -0.15) is 11.8 Å². The van der Waals surface area contributed by atoms with E-state index < -0.39 is 24.6 Å². The lowest BCUT2D eigenvalue weighted by atomic mass is 10.2. The minimum atomic E-state index is -1.14. The van der Waals surface area contributed by atoms with Crippen LogP contribution in [0.1, 0.15) is 6.92 Å². The molecule has 0 aromatic rings. The summed E-state index contributed by atoms with van der Waals surface area (Å²) >= 11 is 1.58. The predicted molar refractivity (Wildman–Crippen MR) is 67.9 cm³/mol. The first kappa shape index (κ1) is 15.8. The zero-order chi connectivity index (χ0) is 14.3. The molecule has 7 nitrogen and oxygen atoms in total. The van der Waals surface area contributed by atoms with E-state index >= 15 is 0 Å². The number of hydrogen-bond donors (Lipinski definition) is 1. The summed E-state index contributed by atoms with van der Waals surface area (Å²) in [6, 6.07) is -0.611. The van der Waals surface area contributed by atoms with Gasteiger partial charge in [-0.05, 0) is 6.92 Å². The summed E-state index contributed by atoms with van der Waals surface area (Å²) in [4.78, 5) is 35.3. The topological polar surface area (TPSA) is 93.1 Å². The molecule has 1 amide bonds. The Labute approximate surface area is 115 Å². The van der Waals surface area contributed by atoms with E-state index in [4.69, 9.17) is 14.6 Å². The van der Waals surface area contributed by atoms with Crippen LogP contribution in [0, 0.1) is 0 Å². The average molecular weight is 291 g/mol. The third-order valence-corrected chi connectivity index (χ3v) is 3.48. The highest BCUT2D eigenvalue weighted by molar-refractivity contribution is 7.99. The zero-order valence-corrected chi connectivity index (χ0v) is 11.5. The van der Waals surface area contributed by atoms with Gasteiger partial charge in [-0.3, -0.25) is 4.79 Å². The number of aliphatic carboxylic acids is 1. The van der Waals surface area contributed by atoms with Crippen LogP contribution in [0.4, 0.5) is 0 Å². The van der Waals surface area contributed by atoms with Crippen LogP contribution in [0.5, 0.6) is 0 Å². The number of ether oxygens (including phenoxy) is 2. The van der Waals surface area contributed by atoms with Crippen molar-refractivity contribution in [3.63, 3.8) is 0 Å². The van der Waals surface area contributed by atoms with Crippen LogP contribution in [0.25, 0.3) is 0 Å². The number of carbonyl (C=O) groups excluding carboxylic acids is 2. The Kier molecular flexibility index (Phi) is 6.65. The molecule has 1 rings (SSSR count). The van der Waals surface area contributed by atoms with Crippen molar-refractivity contribution in [3.8, 4) is 0 Å². The molecule has 1 aliphatic rings. The lowest BCUT2D eigenvalue weighted by Gasteiger charge is -2.33. The number of thioether (sulfide) groups is 1. The highest BCUT2D eigenvalue weighted by Gasteiger charge is 2.33. The number of nitrogens with zero attached hydrogens (tertiary/aromatic N) is 1. The Balaban J connectivity index is 2.53. The van der Waals surface area contributed by atoms with Crippen molar-refractivity contribution in [2.75, 3.05) is 37.9 Å². The van der Waals surface area contributed by atoms with Crippen LogP contribution >= 0.6 is 11.8 Å². The largest absolute Gasteiger partial charge is 0.480 e. The maximum Gasteiger partial charge on any atom is 0.329 e. The molecule has 0 aliphatic carbocycles. The standard InChI is InChI=1S/C11H17NO6S/c1-2-18-11(16)8-7-19-4-3-12(8)9(13)5-17-6-10(14)15/h8H,2-7H2,1H3,(H,14,15). The summed E-state index contributed by atoms with van der Waals surface area (Å²) in [6.07, 6.45) is 0. The summed E-state index contributed by atoms with van der Waals surface area (Å²) in [5, 5.41) is 8.42. The molecule has 8 heteroatoms. The maximum atomic E-state index is 11.9. The molecular formula is C11H17NO6S. The Morgan fingerprint density at radius 2 is 2.11 bits per heavy atom. The molecule has 1 aliphatic heterocycles. The normalized spacial score (nSPS) is 19.0. The molecule has 19 heavy (non-hydrogen) atoms. The van der Waals surface area contributed by atoms with Crippen LogP contribution in [0.15, 0.2) is 0 Å². The molecule has 1 saturated heterocycles. The Hall–Kier alpha value is -1.28. The van der Waals surface area contributed by atoms with Gasteiger partial charge in [-0.1, -0.05) is 0 Å². The quantitative estimate of drug-likeness (QED) is 0.665. The van der Waals surface area contributed by atoms with Gasteiger partial charge in [0.15, 0.2) is 0 Å². The number of esters is 1. The van der Waals surface area contributed by atoms with E-state index in [1.165, 1.54) is 4.90 Å². The van der Waals surface area contributed by atoms with E-state index in [2.05, 4.69) is 0 Å². The Morgan fingerprint density at radius 1 is 1.37 bits per heavy atom. The SMILES string of the molecule is CCOC(=O)C1CSCCN1C(=O)COCC(=O)O. The summed E-state index contributed by atoms with van der Waals surface area (Å²) < 4.78 is 9.67. The van der Waals surface area contributed by atoms with Crippen molar-refractivity contribution in [1.29, 1.82) is 0 Å². The molecule has 0 spiro atoms. The molecule has 0 aromatic carbocycles. The first-order valence-electron chi connectivity index (χ1n) is 5.89. The second kappa shape index (κ2) is 8.00. The van der Waals surface area contributed by atoms with Crippen molar-refractivity contribution < 1.29 is 29.0 Å². The molecule has 0 saturated carbocycles. The summed E-state index contributed by atoms with van der Waals surface area (Å²) in [5.41, 5.74) is 0. The number of amides is 1. The van der Waals surface area contributed by atoms with Gasteiger partial charge in [-0.25, -0.2) is 9.59 Å². The highest BCUT2D eigenvalue weighted by atomic mass is 32.2. The number of carbonyl (C=O) groups is 3. The predicted octanol–water partition coefficient (Wildman–Crippen LogP) is -0.405. The second-order valence-electron chi connectivity index (χ2n) is 3.82. The molecule has 0 radical (unpaired) electrons. The minimum Gasteiger partial charge on any atom is -0.480 e. The Morgan fingerprint density at radius 3 is 2.74 bits per heavy atom. The fourth-order valence-electron chi connectivity index (χ4n) is 1.64. The van der Waals surface area contributed by atoms with Gasteiger partial charge in [0.05, 0.1) is 6.61 Å². The van der Waals surface area contributed by atoms with Crippen molar-refractivity contribution in [1.82, 2.24) is 4.90 Å². The molecular weight excluding hydrogens is 274 g/mol. The third kappa shape index (κ3) is 5.07. The molecule has 1 fully saturated rings. The first-order chi connectivity index (χ1) is 9.06. The molecule has 108 valence electrons. The fourth-order valence-corrected chi connectivity index (χ4v) is 2.68. The van der Waals surface area contributed by atoms with Crippen LogP contribution in [0.2, 0.25) is 0 Å². The molecule has 1 atom stereocenters. The molecule has 0 bridgehead atoms. The van der Waals surface area contributed by atoms with Gasteiger partial charge in [0.1, 0.15) is 19.3 Å². The summed E-state index contributed by atoms with van der Waals surface area (Å²) in [5.74, 6) is -0.728. The van der Waals surface area contributed by atoms with Crippen molar-refractivity contribution in [2.45, 2.75) is 13.0 Å². The number of hydrogen-bond acceptors (Lipinski definition) is 6. The number of carboxylic acid groups (broad SMARTS) is 1. The zero-order valence-electron chi connectivity index (χ0n) is 10.7. The molecule has 0 aromatic heterocycles. The lowest BCUT2D eigenvalue weighted by molar-refractivity contribution is -0.156. The lowest BCUT2D eigenvalue weighted by Crippen LogP contribution is -2.52. The Bertz CT molecular complexity index is 348. The summed E-state index contributed by atoms with van der Waals surface area (Å²) in [7, 11) is 0. The van der Waals surface area contributed by atoms with Crippen LogP contribution in [-0.4, -0.2) is 71.8 Å². The van der Waals surface area contributed by atoms with Crippen molar-refractivity contribution >= 4 is 29.6 Å². The monoisotopic (exact) mass is 291 g/mol. The van der Waals surface area contributed by atoms with Gasteiger partial charge < -0.3 is 19.5 Å². The van der Waals surface area contributed by atoms with Crippen LogP contribution in [-0.2, 0) is 23.9 Å². The maximum absolute atomic E-state index is 11.9. The molecule has 1 N–H and O–H groups in total. The average Bonchev–Trinajstić information content (AvgIpc) is 2.38. The van der Waals surface area contributed by atoms with E-state index in [1.807, 2.05) is 0 Å². The van der Waals surface area contributed by atoms with Crippen LogP contribution < -0.4 is 0 Å². The van der Waals surface area contributed by atoms with Crippen molar-refractivity contribution in [3.05, 3.63) is 0 Å². The highest BCUT2D eigenvalue weighted by Crippen LogP contribution is 2.17. The van der Waals surface area contributed by atoms with E-state index in [-0.39, 0.29) is 19.1 Å². The first-order valence-corrected chi connectivity index (χ1v) is 7.05. The van der Waals surface area contributed by atoms with Gasteiger partial charge in [0.25, 0.3) is 0 Å².